The van der Waals surface area contributed by atoms with Gasteiger partial charge in [0, 0.05) is 56.2 Å². The van der Waals surface area contributed by atoms with E-state index >= 15 is 0 Å². The number of pyridine rings is 1. The minimum Gasteiger partial charge on any atom is -0.384 e. The average molecular weight is 483 g/mol. The molecular weight excluding hydrogens is 449 g/mol. The molecule has 1 aromatic heterocycles. The Hall–Kier alpha value is -1.97. The van der Waals surface area contributed by atoms with Crippen molar-refractivity contribution in [1.29, 1.82) is 0 Å². The van der Waals surface area contributed by atoms with Crippen LogP contribution < -0.4 is 10.6 Å². The first-order valence-electron chi connectivity index (χ1n) is 11.4. The predicted octanol–water partition coefficient (Wildman–Crippen LogP) is 5.59. The Kier molecular flexibility index (Phi) is 9.28. The zero-order valence-corrected chi connectivity index (χ0v) is 20.0. The van der Waals surface area contributed by atoms with Crippen molar-refractivity contribution in [2.45, 2.75) is 43.7 Å². The molecule has 2 N–H and O–H groups in total. The van der Waals surface area contributed by atoms with Gasteiger partial charge in [0.15, 0.2) is 0 Å². The van der Waals surface area contributed by atoms with E-state index in [0.29, 0.717) is 11.4 Å². The number of anilines is 2. The van der Waals surface area contributed by atoms with Crippen molar-refractivity contribution in [2.24, 2.45) is 5.92 Å². The van der Waals surface area contributed by atoms with Crippen LogP contribution in [0.3, 0.4) is 0 Å². The van der Waals surface area contributed by atoms with E-state index in [1.54, 1.807) is 48.5 Å². The molecule has 4 rings (SSSR count). The molecule has 1 atom stereocenters. The third-order valence-electron chi connectivity index (χ3n) is 5.99. The number of nitrogen functional groups attached to an aromatic ring is 1. The lowest BCUT2D eigenvalue weighted by atomic mass is 10.0. The van der Waals surface area contributed by atoms with Crippen molar-refractivity contribution >= 4 is 23.5 Å². The fourth-order valence-corrected chi connectivity index (χ4v) is 4.48. The second-order valence-electron chi connectivity index (χ2n) is 8.58. The molecule has 0 bridgehead atoms. The molecular formula is C24H33F3N4OS. The van der Waals surface area contributed by atoms with E-state index in [0.717, 1.165) is 55.9 Å². The molecule has 182 valence electrons. The largest absolute Gasteiger partial charge is 0.395 e. The van der Waals surface area contributed by atoms with Gasteiger partial charge in [-0.05, 0) is 67.5 Å². The van der Waals surface area contributed by atoms with Gasteiger partial charge in [0.05, 0.1) is 5.92 Å². The Labute approximate surface area is 198 Å². The summed E-state index contributed by atoms with van der Waals surface area (Å²) in [6, 6.07) is 10.4. The highest BCUT2D eigenvalue weighted by Crippen LogP contribution is 2.35. The fraction of sp³-hybridized carbons (Fsp3) is 0.542. The number of ether oxygens (including phenoxy) is 1. The molecule has 2 aliphatic rings. The van der Waals surface area contributed by atoms with Crippen LogP contribution >= 0.6 is 11.9 Å². The highest BCUT2D eigenvalue weighted by atomic mass is 32.2. The van der Waals surface area contributed by atoms with Crippen LogP contribution in [0.1, 0.15) is 38.2 Å². The standard InChI is InChI=1S/C18H21F3N4S.C6H12O/c1-13(18(19,20)21)14-2-4-15(5-3-14)24-8-10-25(11-9-24)26-16-6-7-17(22)23-12-16;1-6-2-4-7-5-3-6/h2-7,12-13H,8-11H2,1H3,(H2,22,23);6H,2-5H2,1H3. The molecule has 0 aliphatic carbocycles. The molecule has 5 nitrogen and oxygen atoms in total. The van der Waals surface area contributed by atoms with Gasteiger partial charge in [-0.25, -0.2) is 9.29 Å². The van der Waals surface area contributed by atoms with Crippen molar-refractivity contribution in [1.82, 2.24) is 9.29 Å². The van der Waals surface area contributed by atoms with E-state index in [-0.39, 0.29) is 0 Å². The zero-order chi connectivity index (χ0) is 23.8. The van der Waals surface area contributed by atoms with Crippen molar-refractivity contribution in [2.75, 3.05) is 50.0 Å². The molecule has 33 heavy (non-hydrogen) atoms. The number of halogens is 3. The summed E-state index contributed by atoms with van der Waals surface area (Å²) in [5.74, 6) is -0.0328. The monoisotopic (exact) mass is 482 g/mol. The topological polar surface area (TPSA) is 54.6 Å². The zero-order valence-electron chi connectivity index (χ0n) is 19.2. The SMILES string of the molecule is CC(c1ccc(N2CCN(Sc3ccc(N)nc3)CC2)cc1)C(F)(F)F.CC1CCOCC1. The van der Waals surface area contributed by atoms with Gasteiger partial charge >= 0.3 is 6.18 Å². The van der Waals surface area contributed by atoms with Crippen molar-refractivity contribution < 1.29 is 17.9 Å². The predicted molar refractivity (Wildman–Crippen MR) is 128 cm³/mol. The lowest BCUT2D eigenvalue weighted by molar-refractivity contribution is -0.146. The number of rotatable bonds is 4. The molecule has 2 saturated heterocycles. The van der Waals surface area contributed by atoms with Crippen LogP contribution in [0, 0.1) is 5.92 Å². The van der Waals surface area contributed by atoms with Crippen LogP contribution in [0.4, 0.5) is 24.7 Å². The quantitative estimate of drug-likeness (QED) is 0.573. The highest BCUT2D eigenvalue weighted by Gasteiger charge is 2.36. The van der Waals surface area contributed by atoms with Crippen molar-refractivity contribution in [3.63, 3.8) is 0 Å². The van der Waals surface area contributed by atoms with Crippen LogP contribution in [-0.4, -0.2) is 54.9 Å². The Balaban J connectivity index is 0.000000374. The van der Waals surface area contributed by atoms with Gasteiger partial charge in [0.1, 0.15) is 5.82 Å². The molecule has 1 unspecified atom stereocenters. The van der Waals surface area contributed by atoms with Crippen LogP contribution in [-0.2, 0) is 4.74 Å². The van der Waals surface area contributed by atoms with Crippen LogP contribution in [0.25, 0.3) is 0 Å². The van der Waals surface area contributed by atoms with E-state index < -0.39 is 12.1 Å². The third kappa shape index (κ3) is 8.08. The summed E-state index contributed by atoms with van der Waals surface area (Å²) in [5, 5.41) is 0. The van der Waals surface area contributed by atoms with Gasteiger partial charge in [-0.15, -0.1) is 0 Å². The normalized spacial score (nSPS) is 19.0. The molecule has 0 saturated carbocycles. The summed E-state index contributed by atoms with van der Waals surface area (Å²) in [6.07, 6.45) is 0.0776. The summed E-state index contributed by atoms with van der Waals surface area (Å²) in [4.78, 5) is 7.32. The number of nitrogens with two attached hydrogens (primary N) is 1. The summed E-state index contributed by atoms with van der Waals surface area (Å²) < 4.78 is 45.8. The summed E-state index contributed by atoms with van der Waals surface area (Å²) in [7, 11) is 0. The molecule has 0 spiro atoms. The Morgan fingerprint density at radius 1 is 1.03 bits per heavy atom. The fourth-order valence-electron chi connectivity index (χ4n) is 3.61. The van der Waals surface area contributed by atoms with Gasteiger partial charge in [0.25, 0.3) is 0 Å². The Morgan fingerprint density at radius 3 is 2.15 bits per heavy atom. The van der Waals surface area contributed by atoms with Gasteiger partial charge in [0.2, 0.25) is 0 Å². The van der Waals surface area contributed by atoms with Gasteiger partial charge in [-0.2, -0.15) is 13.2 Å². The number of nitrogens with zero attached hydrogens (tertiary/aromatic N) is 3. The number of piperazine rings is 1. The average Bonchev–Trinajstić information content (AvgIpc) is 2.81. The molecule has 2 aromatic rings. The maximum atomic E-state index is 12.8. The molecule has 0 amide bonds. The van der Waals surface area contributed by atoms with Crippen LogP contribution in [0.2, 0.25) is 0 Å². The number of benzene rings is 1. The number of aromatic nitrogens is 1. The lowest BCUT2D eigenvalue weighted by Gasteiger charge is -2.35. The van der Waals surface area contributed by atoms with Crippen LogP contribution in [0.15, 0.2) is 47.5 Å². The molecule has 9 heteroatoms. The number of alkyl halides is 3. The van der Waals surface area contributed by atoms with Crippen molar-refractivity contribution in [3.8, 4) is 0 Å². The van der Waals surface area contributed by atoms with E-state index in [2.05, 4.69) is 21.1 Å². The molecule has 3 heterocycles. The van der Waals surface area contributed by atoms with Gasteiger partial charge < -0.3 is 15.4 Å². The van der Waals surface area contributed by atoms with Gasteiger partial charge in [-0.3, -0.25) is 0 Å². The first-order valence-corrected chi connectivity index (χ1v) is 12.1. The smallest absolute Gasteiger partial charge is 0.384 e. The van der Waals surface area contributed by atoms with Gasteiger partial charge in [-0.1, -0.05) is 19.1 Å². The van der Waals surface area contributed by atoms with E-state index in [1.807, 2.05) is 6.07 Å². The second kappa shape index (κ2) is 11.9. The summed E-state index contributed by atoms with van der Waals surface area (Å²) >= 11 is 1.64. The number of hydrogen-bond acceptors (Lipinski definition) is 6. The lowest BCUT2D eigenvalue weighted by Crippen LogP contribution is -2.43. The summed E-state index contributed by atoms with van der Waals surface area (Å²) in [5.41, 5.74) is 6.85. The van der Waals surface area contributed by atoms with E-state index in [1.165, 1.54) is 19.8 Å². The minimum absolute atomic E-state index is 0.297. The third-order valence-corrected chi connectivity index (χ3v) is 7.07. The van der Waals surface area contributed by atoms with Crippen molar-refractivity contribution in [3.05, 3.63) is 48.2 Å². The molecule has 0 radical (unpaired) electrons. The maximum Gasteiger partial charge on any atom is 0.395 e. The molecule has 2 fully saturated rings. The first-order chi connectivity index (χ1) is 15.7. The van der Waals surface area contributed by atoms with Crippen LogP contribution in [0.5, 0.6) is 0 Å². The number of hydrogen-bond donors (Lipinski definition) is 1. The molecule has 2 aliphatic heterocycles. The maximum absolute atomic E-state index is 12.8. The molecule has 1 aromatic carbocycles. The Bertz CT molecular complexity index is 834. The van der Waals surface area contributed by atoms with E-state index in [4.69, 9.17) is 10.5 Å². The Morgan fingerprint density at radius 2 is 1.67 bits per heavy atom. The second-order valence-corrected chi connectivity index (χ2v) is 9.75. The summed E-state index contributed by atoms with van der Waals surface area (Å²) in [6.45, 7) is 8.81. The first kappa shape index (κ1) is 25.6. The van der Waals surface area contributed by atoms with E-state index in [9.17, 15) is 13.2 Å². The highest BCUT2D eigenvalue weighted by molar-refractivity contribution is 7.97. The minimum atomic E-state index is -4.21.